The lowest BCUT2D eigenvalue weighted by molar-refractivity contribution is 0.186. The van der Waals surface area contributed by atoms with E-state index in [1.54, 1.807) is 0 Å². The van der Waals surface area contributed by atoms with E-state index < -0.39 is 0 Å². The third kappa shape index (κ3) is 3.10. The maximum absolute atomic E-state index is 4.65. The van der Waals surface area contributed by atoms with Crippen molar-refractivity contribution in [2.75, 3.05) is 24.5 Å². The van der Waals surface area contributed by atoms with E-state index in [4.69, 9.17) is 0 Å². The molecule has 1 atom stereocenters. The summed E-state index contributed by atoms with van der Waals surface area (Å²) in [7, 11) is 0. The maximum Gasteiger partial charge on any atom is 0.225 e. The summed E-state index contributed by atoms with van der Waals surface area (Å²) in [4.78, 5) is 17.8. The molecule has 1 unspecified atom stereocenters. The van der Waals surface area contributed by atoms with Crippen LogP contribution in [-0.2, 0) is 13.0 Å². The van der Waals surface area contributed by atoms with Crippen molar-refractivity contribution in [2.24, 2.45) is 0 Å². The fourth-order valence-corrected chi connectivity index (χ4v) is 4.62. The van der Waals surface area contributed by atoms with Crippen LogP contribution in [0.2, 0.25) is 0 Å². The van der Waals surface area contributed by atoms with Gasteiger partial charge in [0.15, 0.2) is 0 Å². The Balaban J connectivity index is 1.32. The Morgan fingerprint density at radius 1 is 1.04 bits per heavy atom. The SMILES string of the molecule is CC1c2[nH]c3ccccc3c2CCN1Cc1cnc(N2CCCCC2)nc1. The number of piperidine rings is 1. The van der Waals surface area contributed by atoms with Crippen molar-refractivity contribution in [3.8, 4) is 0 Å². The van der Waals surface area contributed by atoms with Gasteiger partial charge < -0.3 is 9.88 Å². The molecule has 0 spiro atoms. The molecule has 5 nitrogen and oxygen atoms in total. The van der Waals surface area contributed by atoms with Crippen molar-refractivity contribution in [1.29, 1.82) is 0 Å². The Morgan fingerprint density at radius 2 is 1.81 bits per heavy atom. The van der Waals surface area contributed by atoms with Gasteiger partial charge in [0.05, 0.1) is 0 Å². The number of anilines is 1. The Labute approximate surface area is 160 Å². The molecule has 0 amide bonds. The molecule has 27 heavy (non-hydrogen) atoms. The number of para-hydroxylation sites is 1. The molecule has 0 radical (unpaired) electrons. The maximum atomic E-state index is 4.65. The molecule has 3 aromatic rings. The van der Waals surface area contributed by atoms with Gasteiger partial charge in [0.1, 0.15) is 0 Å². The first-order chi connectivity index (χ1) is 13.3. The number of H-pyrrole nitrogens is 1. The summed E-state index contributed by atoms with van der Waals surface area (Å²) in [6.07, 6.45) is 8.97. The first-order valence-corrected chi connectivity index (χ1v) is 10.2. The summed E-state index contributed by atoms with van der Waals surface area (Å²) < 4.78 is 0. The van der Waals surface area contributed by atoms with Crippen molar-refractivity contribution in [3.63, 3.8) is 0 Å². The van der Waals surface area contributed by atoms with Crippen molar-refractivity contribution in [3.05, 3.63) is 53.5 Å². The van der Waals surface area contributed by atoms with Gasteiger partial charge in [0, 0.05) is 66.8 Å². The number of hydrogen-bond acceptors (Lipinski definition) is 4. The average Bonchev–Trinajstić information content (AvgIpc) is 3.11. The molecule has 5 heteroatoms. The van der Waals surface area contributed by atoms with E-state index in [1.165, 1.54) is 47.0 Å². The third-order valence-electron chi connectivity index (χ3n) is 6.18. The molecule has 0 bridgehead atoms. The fourth-order valence-electron chi connectivity index (χ4n) is 4.62. The van der Waals surface area contributed by atoms with Crippen LogP contribution in [0.4, 0.5) is 5.95 Å². The highest BCUT2D eigenvalue weighted by molar-refractivity contribution is 5.85. The van der Waals surface area contributed by atoms with E-state index in [-0.39, 0.29) is 0 Å². The molecule has 4 heterocycles. The summed E-state index contributed by atoms with van der Waals surface area (Å²) in [5, 5.41) is 1.38. The molecule has 1 saturated heterocycles. The van der Waals surface area contributed by atoms with E-state index in [9.17, 15) is 0 Å². The zero-order valence-electron chi connectivity index (χ0n) is 16.0. The molecule has 0 saturated carbocycles. The third-order valence-corrected chi connectivity index (χ3v) is 6.18. The van der Waals surface area contributed by atoms with Crippen LogP contribution < -0.4 is 4.90 Å². The van der Waals surface area contributed by atoms with E-state index in [2.05, 4.69) is 55.9 Å². The van der Waals surface area contributed by atoms with Crippen LogP contribution in [0.3, 0.4) is 0 Å². The molecule has 1 fully saturated rings. The van der Waals surface area contributed by atoms with E-state index in [1.807, 2.05) is 12.4 Å². The molecule has 140 valence electrons. The molecule has 2 aliphatic heterocycles. The molecule has 0 aliphatic carbocycles. The lowest BCUT2D eigenvalue weighted by Crippen LogP contribution is -2.33. The molecule has 5 rings (SSSR count). The van der Waals surface area contributed by atoms with Crippen LogP contribution in [0.5, 0.6) is 0 Å². The highest BCUT2D eigenvalue weighted by Gasteiger charge is 2.27. The number of nitrogens with one attached hydrogen (secondary N) is 1. The van der Waals surface area contributed by atoms with Gasteiger partial charge in [-0.3, -0.25) is 4.90 Å². The highest BCUT2D eigenvalue weighted by atomic mass is 15.2. The van der Waals surface area contributed by atoms with Gasteiger partial charge in [-0.1, -0.05) is 18.2 Å². The van der Waals surface area contributed by atoms with Crippen LogP contribution in [0.15, 0.2) is 36.7 Å². The first-order valence-electron chi connectivity index (χ1n) is 10.2. The second-order valence-corrected chi connectivity index (χ2v) is 7.90. The van der Waals surface area contributed by atoms with Crippen LogP contribution in [0.25, 0.3) is 10.9 Å². The van der Waals surface area contributed by atoms with Gasteiger partial charge in [-0.2, -0.15) is 0 Å². The van der Waals surface area contributed by atoms with Crippen molar-refractivity contribution < 1.29 is 0 Å². The predicted molar refractivity (Wildman–Crippen MR) is 109 cm³/mol. The van der Waals surface area contributed by atoms with E-state index >= 15 is 0 Å². The minimum Gasteiger partial charge on any atom is -0.357 e. The van der Waals surface area contributed by atoms with Crippen LogP contribution in [-0.4, -0.2) is 39.5 Å². The summed E-state index contributed by atoms with van der Waals surface area (Å²) >= 11 is 0. The van der Waals surface area contributed by atoms with E-state index in [0.717, 1.165) is 38.5 Å². The van der Waals surface area contributed by atoms with Crippen LogP contribution >= 0.6 is 0 Å². The van der Waals surface area contributed by atoms with Crippen molar-refractivity contribution in [2.45, 2.75) is 45.2 Å². The molecule has 2 aliphatic rings. The monoisotopic (exact) mass is 361 g/mol. The summed E-state index contributed by atoms with van der Waals surface area (Å²) in [5.74, 6) is 0.892. The van der Waals surface area contributed by atoms with Gasteiger partial charge in [-0.25, -0.2) is 9.97 Å². The van der Waals surface area contributed by atoms with Crippen molar-refractivity contribution >= 4 is 16.9 Å². The summed E-state index contributed by atoms with van der Waals surface area (Å²) in [6, 6.07) is 9.03. The molecular formula is C22H27N5. The predicted octanol–water partition coefficient (Wildman–Crippen LogP) is 4.07. The highest BCUT2D eigenvalue weighted by Crippen LogP contribution is 2.34. The van der Waals surface area contributed by atoms with Gasteiger partial charge >= 0.3 is 0 Å². The first kappa shape index (κ1) is 16.8. The minimum absolute atomic E-state index is 0.378. The summed E-state index contributed by atoms with van der Waals surface area (Å²) in [5.41, 5.74) is 5.31. The number of rotatable bonds is 3. The number of benzene rings is 1. The zero-order valence-corrected chi connectivity index (χ0v) is 16.0. The lowest BCUT2D eigenvalue weighted by atomic mass is 9.98. The Morgan fingerprint density at radius 3 is 2.63 bits per heavy atom. The number of aromatic amines is 1. The Kier molecular flexibility index (Phi) is 4.32. The number of aromatic nitrogens is 3. The van der Waals surface area contributed by atoms with E-state index in [0.29, 0.717) is 6.04 Å². The van der Waals surface area contributed by atoms with Gasteiger partial charge in [-0.05, 0) is 44.2 Å². The van der Waals surface area contributed by atoms with Crippen molar-refractivity contribution in [1.82, 2.24) is 19.9 Å². The van der Waals surface area contributed by atoms with Gasteiger partial charge in [0.2, 0.25) is 5.95 Å². The second-order valence-electron chi connectivity index (χ2n) is 7.90. The standard InChI is InChI=1S/C22H27N5/c1-16-21-19(18-7-3-4-8-20(18)25-21)9-12-27(16)15-17-13-23-22(24-14-17)26-10-5-2-6-11-26/h3-4,7-8,13-14,16,25H,2,5-6,9-12,15H2,1H3. The zero-order chi connectivity index (χ0) is 18.2. The second kappa shape index (κ2) is 6.97. The topological polar surface area (TPSA) is 48.1 Å². The number of nitrogens with zero attached hydrogens (tertiary/aromatic N) is 4. The average molecular weight is 361 g/mol. The van der Waals surface area contributed by atoms with Crippen LogP contribution in [0, 0.1) is 0 Å². The molecular weight excluding hydrogens is 334 g/mol. The minimum atomic E-state index is 0.378. The Bertz CT molecular complexity index is 924. The van der Waals surface area contributed by atoms with Gasteiger partial charge in [0.25, 0.3) is 0 Å². The largest absolute Gasteiger partial charge is 0.357 e. The molecule has 2 aromatic heterocycles. The lowest BCUT2D eigenvalue weighted by Gasteiger charge is -2.33. The summed E-state index contributed by atoms with van der Waals surface area (Å²) in [6.45, 7) is 6.45. The molecule has 1 aromatic carbocycles. The quantitative estimate of drug-likeness (QED) is 0.764. The molecule has 1 N–H and O–H groups in total. The fraction of sp³-hybridized carbons (Fsp3) is 0.455. The number of hydrogen-bond donors (Lipinski definition) is 1. The smallest absolute Gasteiger partial charge is 0.225 e. The van der Waals surface area contributed by atoms with Crippen LogP contribution in [0.1, 0.15) is 49.0 Å². The Hall–Kier alpha value is -2.40. The normalized spacial score (nSPS) is 20.8. The number of fused-ring (bicyclic) bond motifs is 3. The van der Waals surface area contributed by atoms with Gasteiger partial charge in [-0.15, -0.1) is 0 Å².